The molecule has 1 aromatic heterocycles. The van der Waals surface area contributed by atoms with E-state index in [4.69, 9.17) is 0 Å². The molecule has 0 fully saturated rings. The summed E-state index contributed by atoms with van der Waals surface area (Å²) < 4.78 is 0. The lowest BCUT2D eigenvalue weighted by atomic mass is 10.1. The molecule has 3 aromatic rings. The average Bonchev–Trinajstić information content (AvgIpc) is 2.72. The van der Waals surface area contributed by atoms with Crippen LogP contribution in [0.2, 0.25) is 0 Å². The lowest BCUT2D eigenvalue weighted by molar-refractivity contribution is -0.121. The van der Waals surface area contributed by atoms with E-state index in [1.165, 1.54) is 6.20 Å². The van der Waals surface area contributed by atoms with Crippen molar-refractivity contribution in [2.45, 2.75) is 19.4 Å². The molecule has 5 nitrogen and oxygen atoms in total. The van der Waals surface area contributed by atoms with E-state index in [2.05, 4.69) is 15.6 Å². The van der Waals surface area contributed by atoms with Gasteiger partial charge >= 0.3 is 0 Å². The Morgan fingerprint density at radius 1 is 0.889 bits per heavy atom. The second-order valence-corrected chi connectivity index (χ2v) is 6.16. The Hall–Kier alpha value is -3.47. The highest BCUT2D eigenvalue weighted by Crippen LogP contribution is 2.12. The number of nitrogens with one attached hydrogen (secondary N) is 2. The highest BCUT2D eigenvalue weighted by atomic mass is 16.2. The molecule has 0 saturated carbocycles. The van der Waals surface area contributed by atoms with Crippen LogP contribution in [0.1, 0.15) is 27.9 Å². The quantitative estimate of drug-likeness (QED) is 0.677. The fourth-order valence-electron chi connectivity index (χ4n) is 2.65. The third-order valence-corrected chi connectivity index (χ3v) is 4.08. The highest BCUT2D eigenvalue weighted by Gasteiger charge is 2.07. The number of aryl methyl sites for hydroxylation is 1. The zero-order chi connectivity index (χ0) is 18.9. The van der Waals surface area contributed by atoms with Crippen LogP contribution in [0.3, 0.4) is 0 Å². The topological polar surface area (TPSA) is 71.1 Å². The maximum atomic E-state index is 12.2. The first-order valence-electron chi connectivity index (χ1n) is 8.81. The number of carbonyl (C=O) groups is 2. The number of pyridine rings is 1. The van der Waals surface area contributed by atoms with Crippen molar-refractivity contribution in [3.8, 4) is 0 Å². The minimum Gasteiger partial charge on any atom is -0.352 e. The van der Waals surface area contributed by atoms with Crippen molar-refractivity contribution >= 4 is 17.5 Å². The largest absolute Gasteiger partial charge is 0.352 e. The van der Waals surface area contributed by atoms with Crippen molar-refractivity contribution in [3.05, 3.63) is 95.8 Å². The van der Waals surface area contributed by atoms with Crippen LogP contribution in [0, 0.1) is 0 Å². The highest BCUT2D eigenvalue weighted by molar-refractivity contribution is 6.04. The van der Waals surface area contributed by atoms with Crippen LogP contribution in [0.15, 0.2) is 79.1 Å². The van der Waals surface area contributed by atoms with Crippen LogP contribution in [0.25, 0.3) is 0 Å². The first-order chi connectivity index (χ1) is 13.2. The summed E-state index contributed by atoms with van der Waals surface area (Å²) in [5.41, 5.74) is 3.25. The molecule has 0 aliphatic heterocycles. The van der Waals surface area contributed by atoms with Gasteiger partial charge in [0, 0.05) is 31.0 Å². The van der Waals surface area contributed by atoms with Gasteiger partial charge in [-0.15, -0.1) is 0 Å². The van der Waals surface area contributed by atoms with E-state index >= 15 is 0 Å². The summed E-state index contributed by atoms with van der Waals surface area (Å²) in [6.45, 7) is 0.421. The number of benzene rings is 2. The van der Waals surface area contributed by atoms with Gasteiger partial charge in [0.25, 0.3) is 5.91 Å². The van der Waals surface area contributed by atoms with E-state index in [-0.39, 0.29) is 11.8 Å². The predicted octanol–water partition coefficient (Wildman–Crippen LogP) is 3.58. The molecule has 0 unspecified atom stereocenters. The molecule has 5 heteroatoms. The molecule has 1 heterocycles. The zero-order valence-corrected chi connectivity index (χ0v) is 14.9. The Morgan fingerprint density at radius 3 is 2.48 bits per heavy atom. The van der Waals surface area contributed by atoms with E-state index in [1.54, 1.807) is 18.3 Å². The van der Waals surface area contributed by atoms with Crippen molar-refractivity contribution < 1.29 is 9.59 Å². The normalized spacial score (nSPS) is 10.2. The maximum Gasteiger partial charge on any atom is 0.257 e. The average molecular weight is 359 g/mol. The number of anilines is 1. The molecule has 3 rings (SSSR count). The van der Waals surface area contributed by atoms with Gasteiger partial charge in [0.2, 0.25) is 5.91 Å². The maximum absolute atomic E-state index is 12.2. The minimum atomic E-state index is -0.216. The number of hydrogen-bond acceptors (Lipinski definition) is 3. The van der Waals surface area contributed by atoms with Crippen molar-refractivity contribution in [1.82, 2.24) is 10.3 Å². The molecule has 0 spiro atoms. The van der Waals surface area contributed by atoms with E-state index in [0.29, 0.717) is 30.6 Å². The predicted molar refractivity (Wildman–Crippen MR) is 105 cm³/mol. The molecule has 2 aromatic carbocycles. The molecule has 2 N–H and O–H groups in total. The Morgan fingerprint density at radius 2 is 1.70 bits per heavy atom. The molecule has 0 aliphatic carbocycles. The summed E-state index contributed by atoms with van der Waals surface area (Å²) in [6.07, 6.45) is 4.30. The zero-order valence-electron chi connectivity index (χ0n) is 14.9. The number of aromatic nitrogens is 1. The Kier molecular flexibility index (Phi) is 6.30. The van der Waals surface area contributed by atoms with Gasteiger partial charge in [0.1, 0.15) is 0 Å². The van der Waals surface area contributed by atoms with E-state index in [9.17, 15) is 9.59 Å². The first kappa shape index (κ1) is 18.3. The van der Waals surface area contributed by atoms with Crippen LogP contribution in [-0.4, -0.2) is 16.8 Å². The van der Waals surface area contributed by atoms with Crippen LogP contribution in [0.4, 0.5) is 5.69 Å². The molecule has 0 radical (unpaired) electrons. The lowest BCUT2D eigenvalue weighted by Gasteiger charge is -2.09. The molecule has 0 bridgehead atoms. The second-order valence-electron chi connectivity index (χ2n) is 6.16. The summed E-state index contributed by atoms with van der Waals surface area (Å²) in [5, 5.41) is 5.76. The van der Waals surface area contributed by atoms with Gasteiger partial charge in [-0.1, -0.05) is 42.5 Å². The van der Waals surface area contributed by atoms with Gasteiger partial charge in [-0.25, -0.2) is 0 Å². The fourth-order valence-corrected chi connectivity index (χ4v) is 2.65. The van der Waals surface area contributed by atoms with Gasteiger partial charge in [0.05, 0.1) is 5.56 Å². The number of rotatable bonds is 7. The van der Waals surface area contributed by atoms with Crippen molar-refractivity contribution in [3.63, 3.8) is 0 Å². The smallest absolute Gasteiger partial charge is 0.257 e. The van der Waals surface area contributed by atoms with E-state index in [0.717, 1.165) is 11.1 Å². The monoisotopic (exact) mass is 359 g/mol. The summed E-state index contributed by atoms with van der Waals surface area (Å²) in [5.74, 6) is -0.212. The van der Waals surface area contributed by atoms with Crippen LogP contribution in [-0.2, 0) is 17.8 Å². The standard InChI is InChI=1S/C22H21N3O2/c26-21(12-11-17-6-2-1-3-7-17)24-15-18-8-4-10-20(14-18)25-22(27)19-9-5-13-23-16-19/h1-10,13-14,16H,11-12,15H2,(H,24,26)(H,25,27). The van der Waals surface area contributed by atoms with Gasteiger partial charge in [-0.2, -0.15) is 0 Å². The third kappa shape index (κ3) is 5.78. The molecule has 0 atom stereocenters. The fraction of sp³-hybridized carbons (Fsp3) is 0.136. The molecule has 0 saturated heterocycles. The number of hydrogen-bond donors (Lipinski definition) is 2. The van der Waals surface area contributed by atoms with E-state index in [1.807, 2.05) is 54.6 Å². The van der Waals surface area contributed by atoms with Gasteiger partial charge in [0.15, 0.2) is 0 Å². The van der Waals surface area contributed by atoms with Crippen molar-refractivity contribution in [1.29, 1.82) is 0 Å². The lowest BCUT2D eigenvalue weighted by Crippen LogP contribution is -2.23. The van der Waals surface area contributed by atoms with Crippen LogP contribution in [0.5, 0.6) is 0 Å². The molecular formula is C22H21N3O2. The first-order valence-corrected chi connectivity index (χ1v) is 8.81. The molecule has 2 amide bonds. The molecule has 27 heavy (non-hydrogen) atoms. The SMILES string of the molecule is O=C(CCc1ccccc1)NCc1cccc(NC(=O)c2cccnc2)c1. The second kappa shape index (κ2) is 9.29. The van der Waals surface area contributed by atoms with E-state index < -0.39 is 0 Å². The van der Waals surface area contributed by atoms with Crippen molar-refractivity contribution in [2.24, 2.45) is 0 Å². The Balaban J connectivity index is 1.50. The van der Waals surface area contributed by atoms with Gasteiger partial charge in [-0.3, -0.25) is 14.6 Å². The van der Waals surface area contributed by atoms with Gasteiger partial charge < -0.3 is 10.6 Å². The molecular weight excluding hydrogens is 338 g/mol. The summed E-state index contributed by atoms with van der Waals surface area (Å²) in [4.78, 5) is 28.2. The minimum absolute atomic E-state index is 0.00338. The van der Waals surface area contributed by atoms with Crippen LogP contribution < -0.4 is 10.6 Å². The number of carbonyl (C=O) groups excluding carboxylic acids is 2. The Bertz CT molecular complexity index is 896. The third-order valence-electron chi connectivity index (χ3n) is 4.08. The summed E-state index contributed by atoms with van der Waals surface area (Å²) >= 11 is 0. The van der Waals surface area contributed by atoms with Gasteiger partial charge in [-0.05, 0) is 41.8 Å². The number of nitrogens with zero attached hydrogens (tertiary/aromatic N) is 1. The van der Waals surface area contributed by atoms with Crippen LogP contribution >= 0.6 is 0 Å². The van der Waals surface area contributed by atoms with Crippen molar-refractivity contribution in [2.75, 3.05) is 5.32 Å². The number of amides is 2. The molecule has 136 valence electrons. The molecule has 0 aliphatic rings. The Labute approximate surface area is 158 Å². The summed E-state index contributed by atoms with van der Waals surface area (Å²) in [7, 11) is 0. The summed E-state index contributed by atoms with van der Waals surface area (Å²) in [6, 6.07) is 20.8.